The van der Waals surface area contributed by atoms with Crippen LogP contribution in [0, 0.1) is 5.82 Å². The van der Waals surface area contributed by atoms with Crippen LogP contribution in [0.3, 0.4) is 0 Å². The number of carbonyl (C=O) groups is 1. The third kappa shape index (κ3) is 3.77. The van der Waals surface area contributed by atoms with E-state index >= 15 is 0 Å². The Morgan fingerprint density at radius 1 is 1.09 bits per heavy atom. The predicted octanol–water partition coefficient (Wildman–Crippen LogP) is 2.60. The van der Waals surface area contributed by atoms with Crippen molar-refractivity contribution in [3.8, 4) is 0 Å². The normalized spacial score (nSPS) is 20.3. The number of benzene rings is 1. The Morgan fingerprint density at radius 2 is 1.73 bits per heavy atom. The zero-order valence-corrected chi connectivity index (χ0v) is 12.9. The van der Waals surface area contributed by atoms with Crippen molar-refractivity contribution < 1.29 is 9.18 Å². The van der Waals surface area contributed by atoms with E-state index < -0.39 is 0 Å². The molecular formula is C17H24FN3O. The first kappa shape index (κ1) is 15.3. The highest BCUT2D eigenvalue weighted by atomic mass is 19.1. The fourth-order valence-corrected chi connectivity index (χ4v) is 3.45. The zero-order chi connectivity index (χ0) is 15.4. The maximum atomic E-state index is 12.8. The first-order valence-corrected chi connectivity index (χ1v) is 8.23. The van der Waals surface area contributed by atoms with E-state index in [0.717, 1.165) is 37.8 Å². The van der Waals surface area contributed by atoms with Crippen molar-refractivity contribution in [2.24, 2.45) is 0 Å². The Morgan fingerprint density at radius 3 is 2.36 bits per heavy atom. The molecule has 4 nitrogen and oxygen atoms in total. The molecule has 1 saturated heterocycles. The van der Waals surface area contributed by atoms with E-state index in [0.29, 0.717) is 6.54 Å². The van der Waals surface area contributed by atoms with Crippen molar-refractivity contribution in [3.63, 3.8) is 0 Å². The molecule has 1 aromatic rings. The van der Waals surface area contributed by atoms with Crippen LogP contribution in [0.2, 0.25) is 0 Å². The average molecular weight is 305 g/mol. The van der Waals surface area contributed by atoms with Crippen LogP contribution >= 0.6 is 0 Å². The summed E-state index contributed by atoms with van der Waals surface area (Å²) < 4.78 is 12.8. The van der Waals surface area contributed by atoms with E-state index in [1.807, 2.05) is 4.90 Å². The molecule has 0 unspecified atom stereocenters. The fraction of sp³-hybridized carbons (Fsp3) is 0.588. The van der Waals surface area contributed by atoms with Crippen molar-refractivity contribution >= 4 is 6.03 Å². The molecule has 1 aromatic carbocycles. The molecule has 0 bridgehead atoms. The summed E-state index contributed by atoms with van der Waals surface area (Å²) in [5.74, 6) is -0.252. The SMILES string of the molecule is O=C(NCc1ccc(F)cc1)N1CCN(C2CCCC2)CC1. The maximum Gasteiger partial charge on any atom is 0.317 e. The Labute approximate surface area is 131 Å². The predicted molar refractivity (Wildman–Crippen MR) is 84.0 cm³/mol. The van der Waals surface area contributed by atoms with E-state index in [1.54, 1.807) is 12.1 Å². The van der Waals surface area contributed by atoms with Crippen molar-refractivity contribution in [3.05, 3.63) is 35.6 Å². The third-order valence-electron chi connectivity index (χ3n) is 4.80. The highest BCUT2D eigenvalue weighted by Gasteiger charge is 2.27. The van der Waals surface area contributed by atoms with Gasteiger partial charge in [-0.05, 0) is 30.5 Å². The summed E-state index contributed by atoms with van der Waals surface area (Å²) in [6, 6.07) is 6.96. The van der Waals surface area contributed by atoms with Gasteiger partial charge in [-0.1, -0.05) is 25.0 Å². The number of nitrogens with zero attached hydrogens (tertiary/aromatic N) is 2. The van der Waals surface area contributed by atoms with Crippen LogP contribution in [0.5, 0.6) is 0 Å². The van der Waals surface area contributed by atoms with Gasteiger partial charge in [0.1, 0.15) is 5.82 Å². The number of piperazine rings is 1. The summed E-state index contributed by atoms with van der Waals surface area (Å²) in [7, 11) is 0. The molecule has 2 fully saturated rings. The molecule has 0 atom stereocenters. The second kappa shape index (κ2) is 7.09. The highest BCUT2D eigenvalue weighted by molar-refractivity contribution is 5.74. The van der Waals surface area contributed by atoms with Crippen molar-refractivity contribution in [1.82, 2.24) is 15.1 Å². The summed E-state index contributed by atoms with van der Waals surface area (Å²) >= 11 is 0. The van der Waals surface area contributed by atoms with Gasteiger partial charge in [0.05, 0.1) is 0 Å². The summed E-state index contributed by atoms with van der Waals surface area (Å²) in [5.41, 5.74) is 0.916. The molecule has 1 aliphatic carbocycles. The van der Waals surface area contributed by atoms with Crippen LogP contribution < -0.4 is 5.32 Å². The van der Waals surface area contributed by atoms with Crippen molar-refractivity contribution in [2.45, 2.75) is 38.3 Å². The van der Waals surface area contributed by atoms with E-state index in [2.05, 4.69) is 10.2 Å². The number of urea groups is 1. The van der Waals surface area contributed by atoms with Crippen LogP contribution in [-0.4, -0.2) is 48.1 Å². The average Bonchev–Trinajstić information content (AvgIpc) is 3.09. The number of amides is 2. The number of rotatable bonds is 3. The zero-order valence-electron chi connectivity index (χ0n) is 12.9. The molecule has 0 aromatic heterocycles. The van der Waals surface area contributed by atoms with Gasteiger partial charge in [0.25, 0.3) is 0 Å². The van der Waals surface area contributed by atoms with E-state index in [4.69, 9.17) is 0 Å². The van der Waals surface area contributed by atoms with Crippen molar-refractivity contribution in [1.29, 1.82) is 0 Å². The second-order valence-electron chi connectivity index (χ2n) is 6.25. The summed E-state index contributed by atoms with van der Waals surface area (Å²) in [5, 5.41) is 2.92. The van der Waals surface area contributed by atoms with Crippen LogP contribution in [0.4, 0.5) is 9.18 Å². The molecule has 2 aliphatic rings. The molecule has 5 heteroatoms. The topological polar surface area (TPSA) is 35.6 Å². The van der Waals surface area contributed by atoms with Crippen LogP contribution in [0.15, 0.2) is 24.3 Å². The Hall–Kier alpha value is -1.62. The van der Waals surface area contributed by atoms with Gasteiger partial charge in [0.2, 0.25) is 0 Å². The van der Waals surface area contributed by atoms with Crippen LogP contribution in [0.25, 0.3) is 0 Å². The smallest absolute Gasteiger partial charge is 0.317 e. The fourth-order valence-electron chi connectivity index (χ4n) is 3.45. The number of hydrogen-bond donors (Lipinski definition) is 1. The molecule has 1 saturated carbocycles. The van der Waals surface area contributed by atoms with E-state index in [1.165, 1.54) is 37.8 Å². The van der Waals surface area contributed by atoms with Gasteiger partial charge in [-0.25, -0.2) is 9.18 Å². The van der Waals surface area contributed by atoms with Gasteiger partial charge in [-0.3, -0.25) is 4.90 Å². The van der Waals surface area contributed by atoms with E-state index in [-0.39, 0.29) is 11.8 Å². The van der Waals surface area contributed by atoms with Gasteiger partial charge < -0.3 is 10.2 Å². The summed E-state index contributed by atoms with van der Waals surface area (Å²) in [6.45, 7) is 4.00. The second-order valence-corrected chi connectivity index (χ2v) is 6.25. The monoisotopic (exact) mass is 305 g/mol. The Balaban J connectivity index is 1.42. The van der Waals surface area contributed by atoms with Crippen LogP contribution in [-0.2, 0) is 6.54 Å². The van der Waals surface area contributed by atoms with Crippen molar-refractivity contribution in [2.75, 3.05) is 26.2 Å². The summed E-state index contributed by atoms with van der Waals surface area (Å²) in [4.78, 5) is 16.6. The first-order chi connectivity index (χ1) is 10.7. The largest absolute Gasteiger partial charge is 0.334 e. The minimum Gasteiger partial charge on any atom is -0.334 e. The van der Waals surface area contributed by atoms with Gasteiger partial charge in [0.15, 0.2) is 0 Å². The van der Waals surface area contributed by atoms with Crippen LogP contribution in [0.1, 0.15) is 31.2 Å². The standard InChI is InChI=1S/C17H24FN3O/c18-15-7-5-14(6-8-15)13-19-17(22)21-11-9-20(10-12-21)16-3-1-2-4-16/h5-8,16H,1-4,9-13H2,(H,19,22). The lowest BCUT2D eigenvalue weighted by Gasteiger charge is -2.38. The van der Waals surface area contributed by atoms with E-state index in [9.17, 15) is 9.18 Å². The molecule has 3 rings (SSSR count). The molecule has 1 heterocycles. The summed E-state index contributed by atoms with van der Waals surface area (Å²) in [6.07, 6.45) is 5.33. The molecule has 2 amide bonds. The molecule has 0 radical (unpaired) electrons. The minimum absolute atomic E-state index is 0.0182. The first-order valence-electron chi connectivity index (χ1n) is 8.23. The molecule has 120 valence electrons. The number of carbonyl (C=O) groups excluding carboxylic acids is 1. The Kier molecular flexibility index (Phi) is 4.93. The molecule has 0 spiro atoms. The lowest BCUT2D eigenvalue weighted by atomic mass is 10.2. The van der Waals surface area contributed by atoms with Gasteiger partial charge in [-0.2, -0.15) is 0 Å². The third-order valence-corrected chi connectivity index (χ3v) is 4.80. The van der Waals surface area contributed by atoms with Gasteiger partial charge in [-0.15, -0.1) is 0 Å². The Bertz CT molecular complexity index is 491. The van der Waals surface area contributed by atoms with Gasteiger partial charge in [0, 0.05) is 38.8 Å². The quantitative estimate of drug-likeness (QED) is 0.932. The van der Waals surface area contributed by atoms with Gasteiger partial charge >= 0.3 is 6.03 Å². The number of halogens is 1. The maximum absolute atomic E-state index is 12.8. The molecule has 1 N–H and O–H groups in total. The molecule has 22 heavy (non-hydrogen) atoms. The number of hydrogen-bond acceptors (Lipinski definition) is 2. The molecule has 1 aliphatic heterocycles. The minimum atomic E-state index is -0.252. The molecular weight excluding hydrogens is 281 g/mol. The lowest BCUT2D eigenvalue weighted by Crippen LogP contribution is -2.53. The number of nitrogens with one attached hydrogen (secondary N) is 1. The highest BCUT2D eigenvalue weighted by Crippen LogP contribution is 2.24. The lowest BCUT2D eigenvalue weighted by molar-refractivity contribution is 0.109.